The predicted molar refractivity (Wildman–Crippen MR) is 127 cm³/mol. The van der Waals surface area contributed by atoms with E-state index in [-0.39, 0.29) is 6.54 Å². The van der Waals surface area contributed by atoms with Gasteiger partial charge in [0.2, 0.25) is 11.5 Å². The van der Waals surface area contributed by atoms with Crippen LogP contribution in [0.25, 0.3) is 0 Å². The Labute approximate surface area is 198 Å². The number of β-lactam (4-membered cyclic amide) rings is 1. The number of carbonyl (C=O) groups is 2. The lowest BCUT2D eigenvalue weighted by molar-refractivity contribution is -0.140. The van der Waals surface area contributed by atoms with E-state index in [0.29, 0.717) is 29.5 Å². The molecule has 178 valence electrons. The van der Waals surface area contributed by atoms with Gasteiger partial charge < -0.3 is 23.7 Å². The quantitative estimate of drug-likeness (QED) is 0.369. The molecule has 0 aliphatic carbocycles. The maximum absolute atomic E-state index is 11.4. The Hall–Kier alpha value is -4.20. The second-order valence-corrected chi connectivity index (χ2v) is 7.12. The van der Waals surface area contributed by atoms with Crippen LogP contribution in [-0.4, -0.2) is 46.7 Å². The molecule has 3 aromatic carbocycles. The number of para-hydroxylation sites is 2. The van der Waals surface area contributed by atoms with Gasteiger partial charge in [-0.3, -0.25) is 14.5 Å². The molecule has 8 heteroatoms. The number of anilines is 1. The minimum Gasteiger partial charge on any atom is -0.493 e. The predicted octanol–water partition coefficient (Wildman–Crippen LogP) is 3.90. The molecule has 3 aromatic rings. The summed E-state index contributed by atoms with van der Waals surface area (Å²) in [6.45, 7) is 0.638. The summed E-state index contributed by atoms with van der Waals surface area (Å²) in [6.07, 6.45) is 0. The number of ketones is 1. The number of ether oxygens (including phenoxy) is 5. The highest BCUT2D eigenvalue weighted by Crippen LogP contribution is 2.41. The van der Waals surface area contributed by atoms with Crippen LogP contribution in [0.15, 0.2) is 66.7 Å². The van der Waals surface area contributed by atoms with Gasteiger partial charge in [-0.1, -0.05) is 42.5 Å². The van der Waals surface area contributed by atoms with Crippen molar-refractivity contribution < 1.29 is 33.3 Å². The summed E-state index contributed by atoms with van der Waals surface area (Å²) < 4.78 is 26.4. The average Bonchev–Trinajstić information content (AvgIpc) is 2.90. The van der Waals surface area contributed by atoms with Gasteiger partial charge in [-0.25, -0.2) is 0 Å². The molecule has 0 N–H and O–H groups in total. The lowest BCUT2D eigenvalue weighted by Crippen LogP contribution is -2.53. The van der Waals surface area contributed by atoms with Crippen molar-refractivity contribution in [2.75, 3.05) is 39.9 Å². The lowest BCUT2D eigenvalue weighted by Gasteiger charge is -2.29. The molecule has 0 aromatic heterocycles. The first-order valence-corrected chi connectivity index (χ1v) is 10.5. The molecule has 8 nitrogen and oxygen atoms in total. The number of benzene rings is 3. The monoisotopic (exact) mass is 465 g/mol. The van der Waals surface area contributed by atoms with Crippen molar-refractivity contribution in [3.63, 3.8) is 0 Å². The van der Waals surface area contributed by atoms with Crippen molar-refractivity contribution >= 4 is 17.4 Å². The summed E-state index contributed by atoms with van der Waals surface area (Å²) in [7, 11) is 6.12. The van der Waals surface area contributed by atoms with E-state index in [1.165, 1.54) is 26.2 Å². The third-order valence-electron chi connectivity index (χ3n) is 5.05. The number of hydrogen-bond acceptors (Lipinski definition) is 7. The molecule has 0 saturated carbocycles. The molecule has 4 rings (SSSR count). The van der Waals surface area contributed by atoms with Gasteiger partial charge in [-0.15, -0.1) is 0 Å². The van der Waals surface area contributed by atoms with Crippen molar-refractivity contribution in [3.05, 3.63) is 72.3 Å². The first kappa shape index (κ1) is 24.4. The standard InChI is InChI=1S/C14H14O2.C12H13NO5/c1-15-13-9-5-6-10-14(13)16-11-12-7-3-2-4-8-12;1-16-9-4-7(13-6-8(14)12(13)15)5-10(17-2)11(9)18-3/h2-10H,11H2,1H3;4-5H,6H2,1-3H3. The Balaban J connectivity index is 0.000000192. The summed E-state index contributed by atoms with van der Waals surface area (Å²) in [5.41, 5.74) is 1.70. The third kappa shape index (κ3) is 5.58. The zero-order chi connectivity index (χ0) is 24.5. The number of methoxy groups -OCH3 is 4. The fraction of sp³-hybridized carbons (Fsp3) is 0.231. The third-order valence-corrected chi connectivity index (χ3v) is 5.05. The lowest BCUT2D eigenvalue weighted by atomic mass is 10.1. The zero-order valence-electron chi connectivity index (χ0n) is 19.6. The molecule has 1 heterocycles. The van der Waals surface area contributed by atoms with E-state index in [2.05, 4.69) is 0 Å². The molecular weight excluding hydrogens is 438 g/mol. The molecule has 0 spiro atoms. The normalized spacial score (nSPS) is 12.2. The van der Waals surface area contributed by atoms with Crippen molar-refractivity contribution in [3.8, 4) is 28.7 Å². The summed E-state index contributed by atoms with van der Waals surface area (Å²) >= 11 is 0. The molecule has 34 heavy (non-hydrogen) atoms. The van der Waals surface area contributed by atoms with E-state index in [4.69, 9.17) is 23.7 Å². The SMILES string of the molecule is COc1cc(N2CC(=O)C2=O)cc(OC)c1OC.COc1ccccc1OCc1ccccc1. The van der Waals surface area contributed by atoms with Gasteiger partial charge in [0.15, 0.2) is 23.0 Å². The maximum atomic E-state index is 11.4. The highest BCUT2D eigenvalue weighted by molar-refractivity contribution is 6.50. The van der Waals surface area contributed by atoms with Gasteiger partial charge in [-0.2, -0.15) is 0 Å². The van der Waals surface area contributed by atoms with Crippen LogP contribution in [0.3, 0.4) is 0 Å². The summed E-state index contributed by atoms with van der Waals surface area (Å²) in [4.78, 5) is 23.7. The van der Waals surface area contributed by atoms with Crippen LogP contribution in [0.5, 0.6) is 28.7 Å². The minimum atomic E-state index is -0.524. The van der Waals surface area contributed by atoms with E-state index in [0.717, 1.165) is 17.1 Å². The minimum absolute atomic E-state index is 0.0808. The van der Waals surface area contributed by atoms with Gasteiger partial charge in [0.25, 0.3) is 5.91 Å². The Bertz CT molecular complexity index is 1110. The molecule has 1 aliphatic rings. The highest BCUT2D eigenvalue weighted by atomic mass is 16.5. The van der Waals surface area contributed by atoms with Crippen LogP contribution < -0.4 is 28.6 Å². The Morgan fingerprint density at radius 2 is 1.26 bits per heavy atom. The Kier molecular flexibility index (Phi) is 8.34. The van der Waals surface area contributed by atoms with Gasteiger partial charge >= 0.3 is 0 Å². The fourth-order valence-electron chi connectivity index (χ4n) is 3.25. The van der Waals surface area contributed by atoms with Gasteiger partial charge in [0, 0.05) is 12.1 Å². The van der Waals surface area contributed by atoms with Crippen molar-refractivity contribution in [1.29, 1.82) is 0 Å². The topological polar surface area (TPSA) is 83.5 Å². The molecule has 1 saturated heterocycles. The Morgan fingerprint density at radius 3 is 1.76 bits per heavy atom. The van der Waals surface area contributed by atoms with E-state index < -0.39 is 11.7 Å². The van der Waals surface area contributed by atoms with Crippen molar-refractivity contribution in [1.82, 2.24) is 0 Å². The number of amides is 1. The van der Waals surface area contributed by atoms with Crippen molar-refractivity contribution in [2.24, 2.45) is 0 Å². The molecule has 0 radical (unpaired) electrons. The number of rotatable bonds is 8. The summed E-state index contributed by atoms with van der Waals surface area (Å²) in [6, 6.07) is 21.0. The molecular formula is C26H27NO7. The number of carbonyl (C=O) groups excluding carboxylic acids is 2. The van der Waals surface area contributed by atoms with E-state index in [1.54, 1.807) is 19.2 Å². The number of nitrogens with zero attached hydrogens (tertiary/aromatic N) is 1. The second-order valence-electron chi connectivity index (χ2n) is 7.12. The van der Waals surface area contributed by atoms with Crippen LogP contribution in [0.4, 0.5) is 5.69 Å². The van der Waals surface area contributed by atoms with Gasteiger partial charge in [-0.05, 0) is 17.7 Å². The van der Waals surface area contributed by atoms with Crippen LogP contribution in [0.1, 0.15) is 5.56 Å². The van der Waals surface area contributed by atoms with Crippen LogP contribution in [-0.2, 0) is 16.2 Å². The molecule has 0 atom stereocenters. The smallest absolute Gasteiger partial charge is 0.296 e. The van der Waals surface area contributed by atoms with Gasteiger partial charge in [0.1, 0.15) is 6.61 Å². The molecule has 1 fully saturated rings. The number of hydrogen-bond donors (Lipinski definition) is 0. The zero-order valence-corrected chi connectivity index (χ0v) is 19.6. The van der Waals surface area contributed by atoms with Crippen molar-refractivity contribution in [2.45, 2.75) is 6.61 Å². The summed E-state index contributed by atoms with van der Waals surface area (Å²) in [5.74, 6) is 1.95. The number of Topliss-reactive ketones (excluding diaryl/α,β-unsaturated/α-hetero) is 1. The first-order chi connectivity index (χ1) is 16.5. The molecule has 1 amide bonds. The van der Waals surface area contributed by atoms with E-state index in [9.17, 15) is 9.59 Å². The van der Waals surface area contributed by atoms with E-state index in [1.807, 2.05) is 54.6 Å². The fourth-order valence-corrected chi connectivity index (χ4v) is 3.25. The Morgan fingerprint density at radius 1 is 0.706 bits per heavy atom. The highest BCUT2D eigenvalue weighted by Gasteiger charge is 2.36. The second kappa shape index (κ2) is 11.6. The van der Waals surface area contributed by atoms with Crippen LogP contribution >= 0.6 is 0 Å². The van der Waals surface area contributed by atoms with Crippen LogP contribution in [0.2, 0.25) is 0 Å². The largest absolute Gasteiger partial charge is 0.493 e. The van der Waals surface area contributed by atoms with Crippen LogP contribution in [0, 0.1) is 0 Å². The maximum Gasteiger partial charge on any atom is 0.296 e. The summed E-state index contributed by atoms with van der Waals surface area (Å²) in [5, 5.41) is 0. The average molecular weight is 466 g/mol. The van der Waals surface area contributed by atoms with Gasteiger partial charge in [0.05, 0.1) is 40.7 Å². The molecule has 0 bridgehead atoms. The molecule has 0 unspecified atom stereocenters. The molecule has 1 aliphatic heterocycles. The van der Waals surface area contributed by atoms with E-state index >= 15 is 0 Å². The first-order valence-electron chi connectivity index (χ1n) is 10.5.